The van der Waals surface area contributed by atoms with Gasteiger partial charge in [-0.05, 0) is 31.6 Å². The third kappa shape index (κ3) is 2.85. The molecule has 1 atom stereocenters. The Morgan fingerprint density at radius 1 is 1.57 bits per heavy atom. The predicted octanol–water partition coefficient (Wildman–Crippen LogP) is 2.37. The topological polar surface area (TPSA) is 64.6 Å². The summed E-state index contributed by atoms with van der Waals surface area (Å²) in [5.74, 6) is 6.64. The van der Waals surface area contributed by atoms with E-state index < -0.39 is 0 Å². The Kier molecular flexibility index (Phi) is 4.31. The van der Waals surface area contributed by atoms with Crippen LogP contribution < -0.4 is 11.3 Å². The van der Waals surface area contributed by atoms with Crippen LogP contribution in [0, 0.1) is 5.92 Å². The monoisotopic (exact) mass is 308 g/mol. The minimum atomic E-state index is -0.168. The quantitative estimate of drug-likeness (QED) is 0.657. The van der Waals surface area contributed by atoms with Crippen LogP contribution in [0.25, 0.3) is 4.96 Å². The van der Waals surface area contributed by atoms with E-state index in [2.05, 4.69) is 27.9 Å². The van der Waals surface area contributed by atoms with Crippen LogP contribution >= 0.6 is 11.3 Å². The molecule has 0 bridgehead atoms. The normalized spacial score (nSPS) is 28.0. The number of nitrogens with one attached hydrogen (secondary N) is 1. The molecule has 1 unspecified atom stereocenters. The van der Waals surface area contributed by atoms with Crippen molar-refractivity contribution >= 4 is 16.3 Å². The van der Waals surface area contributed by atoms with Gasteiger partial charge in [0.1, 0.15) is 0 Å². The van der Waals surface area contributed by atoms with E-state index in [0.29, 0.717) is 0 Å². The Hall–Kier alpha value is -0.950. The zero-order chi connectivity index (χ0) is 14.9. The third-order valence-corrected chi connectivity index (χ3v) is 5.69. The Labute approximate surface area is 129 Å². The van der Waals surface area contributed by atoms with Gasteiger partial charge in [-0.25, -0.2) is 4.98 Å². The highest BCUT2D eigenvalue weighted by molar-refractivity contribution is 7.15. The van der Waals surface area contributed by atoms with Crippen LogP contribution in [0.5, 0.6) is 0 Å². The zero-order valence-corrected chi connectivity index (χ0v) is 13.5. The smallest absolute Gasteiger partial charge is 0.193 e. The number of aromatic nitrogens is 2. The number of hydrogen-bond acceptors (Lipinski definition) is 5. The average molecular weight is 308 g/mol. The fraction of sp³-hybridized carbons (Fsp3) is 0.667. The molecule has 0 radical (unpaired) electrons. The molecule has 0 spiro atoms. The lowest BCUT2D eigenvalue weighted by Gasteiger charge is -2.43. The maximum atomic E-state index is 5.93. The lowest BCUT2D eigenvalue weighted by Crippen LogP contribution is -2.57. The summed E-state index contributed by atoms with van der Waals surface area (Å²) in [5, 5.41) is 2.05. The van der Waals surface area contributed by atoms with Gasteiger partial charge in [0.15, 0.2) is 4.96 Å². The molecule has 6 heteroatoms. The summed E-state index contributed by atoms with van der Waals surface area (Å²) in [4.78, 5) is 5.70. The first-order valence-corrected chi connectivity index (χ1v) is 8.47. The van der Waals surface area contributed by atoms with E-state index in [1.54, 1.807) is 11.3 Å². The van der Waals surface area contributed by atoms with Crippen molar-refractivity contribution < 1.29 is 4.74 Å². The average Bonchev–Trinajstić information content (AvgIpc) is 3.07. The van der Waals surface area contributed by atoms with Gasteiger partial charge in [0.25, 0.3) is 0 Å². The van der Waals surface area contributed by atoms with Crippen LogP contribution in [0.2, 0.25) is 0 Å². The van der Waals surface area contributed by atoms with Gasteiger partial charge < -0.3 is 4.74 Å². The molecule has 0 aliphatic heterocycles. The second kappa shape index (κ2) is 6.04. The Balaban J connectivity index is 1.78. The third-order valence-electron chi connectivity index (χ3n) is 4.92. The molecule has 0 amide bonds. The molecule has 1 aliphatic carbocycles. The van der Waals surface area contributed by atoms with E-state index in [1.165, 1.54) is 12.8 Å². The summed E-state index contributed by atoms with van der Waals surface area (Å²) in [6, 6.07) is 0.0969. The first-order chi connectivity index (χ1) is 10.2. The summed E-state index contributed by atoms with van der Waals surface area (Å²) < 4.78 is 8.00. The molecule has 1 fully saturated rings. The number of ether oxygens (including phenoxy) is 1. The number of imidazole rings is 1. The van der Waals surface area contributed by atoms with Gasteiger partial charge in [0.2, 0.25) is 0 Å². The van der Waals surface area contributed by atoms with E-state index in [-0.39, 0.29) is 11.6 Å². The number of nitrogens with two attached hydrogens (primary N) is 1. The van der Waals surface area contributed by atoms with Gasteiger partial charge in [0.05, 0.1) is 17.3 Å². The van der Waals surface area contributed by atoms with Crippen molar-refractivity contribution in [2.24, 2.45) is 11.8 Å². The second-order valence-electron chi connectivity index (χ2n) is 6.20. The predicted molar refractivity (Wildman–Crippen MR) is 85.3 cm³/mol. The summed E-state index contributed by atoms with van der Waals surface area (Å²) in [6.07, 6.45) is 9.44. The second-order valence-corrected chi connectivity index (χ2v) is 7.07. The van der Waals surface area contributed by atoms with Crippen molar-refractivity contribution in [2.45, 2.75) is 50.7 Å². The maximum absolute atomic E-state index is 5.93. The first kappa shape index (κ1) is 15.0. The molecule has 3 N–H and O–H groups in total. The number of methoxy groups -OCH3 is 1. The lowest BCUT2D eigenvalue weighted by atomic mass is 9.74. The number of nitrogens with zero attached hydrogens (tertiary/aromatic N) is 2. The van der Waals surface area contributed by atoms with Crippen LogP contribution in [0.3, 0.4) is 0 Å². The highest BCUT2D eigenvalue weighted by Gasteiger charge is 2.41. The van der Waals surface area contributed by atoms with Gasteiger partial charge >= 0.3 is 0 Å². The van der Waals surface area contributed by atoms with Crippen LogP contribution in [-0.4, -0.2) is 28.1 Å². The van der Waals surface area contributed by atoms with E-state index in [1.807, 2.05) is 18.7 Å². The molecular weight excluding hydrogens is 284 g/mol. The van der Waals surface area contributed by atoms with E-state index in [9.17, 15) is 0 Å². The summed E-state index contributed by atoms with van der Waals surface area (Å²) >= 11 is 1.65. The van der Waals surface area contributed by atoms with Crippen molar-refractivity contribution in [1.29, 1.82) is 0 Å². The maximum Gasteiger partial charge on any atom is 0.193 e. The summed E-state index contributed by atoms with van der Waals surface area (Å²) in [7, 11) is 1.81. The van der Waals surface area contributed by atoms with Crippen molar-refractivity contribution in [2.75, 3.05) is 7.11 Å². The fourth-order valence-corrected chi connectivity index (χ4v) is 4.14. The highest BCUT2D eigenvalue weighted by Crippen LogP contribution is 2.37. The molecule has 0 aromatic carbocycles. The van der Waals surface area contributed by atoms with Gasteiger partial charge in [-0.3, -0.25) is 15.7 Å². The molecule has 3 rings (SSSR count). The van der Waals surface area contributed by atoms with Crippen molar-refractivity contribution in [3.8, 4) is 0 Å². The minimum Gasteiger partial charge on any atom is -0.377 e. The van der Waals surface area contributed by atoms with Crippen molar-refractivity contribution in [3.63, 3.8) is 0 Å². The number of rotatable bonds is 5. The van der Waals surface area contributed by atoms with Crippen LogP contribution in [0.1, 0.15) is 38.3 Å². The molecule has 116 valence electrons. The number of hydrazine groups is 1. The van der Waals surface area contributed by atoms with Gasteiger partial charge in [-0.15, -0.1) is 11.3 Å². The van der Waals surface area contributed by atoms with E-state index in [0.717, 1.165) is 35.8 Å². The van der Waals surface area contributed by atoms with Crippen molar-refractivity contribution in [1.82, 2.24) is 14.8 Å². The van der Waals surface area contributed by atoms with E-state index >= 15 is 0 Å². The molecule has 1 aliphatic rings. The Morgan fingerprint density at radius 2 is 2.33 bits per heavy atom. The highest BCUT2D eigenvalue weighted by atomic mass is 32.1. The zero-order valence-electron chi connectivity index (χ0n) is 12.7. The van der Waals surface area contributed by atoms with Crippen LogP contribution in [-0.2, 0) is 11.2 Å². The minimum absolute atomic E-state index is 0.0969. The molecule has 2 aromatic rings. The standard InChI is InChI=1S/C15H24N4OS/c1-11-3-5-15(20-2,6-4-11)13(18-16)9-12-10-19-7-8-21-14(19)17-12/h7-8,10-11,13,18H,3-6,9,16H2,1-2H3. The Morgan fingerprint density at radius 3 is 2.95 bits per heavy atom. The molecular formula is C15H24N4OS. The molecule has 0 saturated heterocycles. The molecule has 21 heavy (non-hydrogen) atoms. The van der Waals surface area contributed by atoms with Gasteiger partial charge in [0, 0.05) is 31.3 Å². The first-order valence-electron chi connectivity index (χ1n) is 7.59. The van der Waals surface area contributed by atoms with Gasteiger partial charge in [-0.2, -0.15) is 0 Å². The summed E-state index contributed by atoms with van der Waals surface area (Å²) in [6.45, 7) is 2.31. The lowest BCUT2D eigenvalue weighted by molar-refractivity contribution is -0.0748. The summed E-state index contributed by atoms with van der Waals surface area (Å²) in [5.41, 5.74) is 3.89. The van der Waals surface area contributed by atoms with E-state index in [4.69, 9.17) is 10.6 Å². The van der Waals surface area contributed by atoms with Crippen LogP contribution in [0.4, 0.5) is 0 Å². The van der Waals surface area contributed by atoms with Crippen LogP contribution in [0.15, 0.2) is 17.8 Å². The van der Waals surface area contributed by atoms with Gasteiger partial charge in [-0.1, -0.05) is 6.92 Å². The number of thiazole rings is 1. The number of fused-ring (bicyclic) bond motifs is 1. The van der Waals surface area contributed by atoms with Crippen molar-refractivity contribution in [3.05, 3.63) is 23.5 Å². The Bertz CT molecular complexity index is 557. The largest absolute Gasteiger partial charge is 0.377 e. The molecule has 2 heterocycles. The molecule has 5 nitrogen and oxygen atoms in total. The number of hydrogen-bond donors (Lipinski definition) is 2. The fourth-order valence-electron chi connectivity index (χ4n) is 3.43. The molecule has 2 aromatic heterocycles. The SMILES string of the molecule is COC1(C(Cc2cn3ccsc3n2)NN)CCC(C)CC1. The molecule has 1 saturated carbocycles.